The summed E-state index contributed by atoms with van der Waals surface area (Å²) in [5.74, 6) is 1.60. The minimum absolute atomic E-state index is 0.0424. The van der Waals surface area contributed by atoms with E-state index in [-0.39, 0.29) is 23.7 Å². The zero-order chi connectivity index (χ0) is 18.3. The predicted molar refractivity (Wildman–Crippen MR) is 100 cm³/mol. The average Bonchev–Trinajstić information content (AvgIpc) is 2.86. The summed E-state index contributed by atoms with van der Waals surface area (Å²) in [5, 5.41) is 0. The van der Waals surface area contributed by atoms with Crippen LogP contribution in [0.4, 0.5) is 5.69 Å². The highest BCUT2D eigenvalue weighted by atomic mass is 16.5. The summed E-state index contributed by atoms with van der Waals surface area (Å²) in [6.45, 7) is 4.18. The quantitative estimate of drug-likeness (QED) is 0.754. The molecule has 4 nitrogen and oxygen atoms in total. The van der Waals surface area contributed by atoms with Gasteiger partial charge in [0.25, 0.3) is 0 Å². The van der Waals surface area contributed by atoms with Crippen molar-refractivity contribution in [3.05, 3.63) is 54.1 Å². The largest absolute Gasteiger partial charge is 0.457 e. The maximum Gasteiger partial charge on any atom is 0.237 e. The summed E-state index contributed by atoms with van der Waals surface area (Å²) in [4.78, 5) is 26.9. The number of rotatable bonds is 3. The summed E-state index contributed by atoms with van der Waals surface area (Å²) >= 11 is 0. The molecule has 2 fully saturated rings. The maximum atomic E-state index is 12.8. The second-order valence-corrected chi connectivity index (χ2v) is 7.56. The highest BCUT2D eigenvalue weighted by Crippen LogP contribution is 2.42. The molecule has 0 radical (unpaired) electrons. The van der Waals surface area contributed by atoms with E-state index in [2.05, 4.69) is 6.92 Å². The fourth-order valence-electron chi connectivity index (χ4n) is 4.12. The normalized spacial score (nSPS) is 25.3. The molecule has 2 aromatic carbocycles. The van der Waals surface area contributed by atoms with Crippen LogP contribution in [0.2, 0.25) is 0 Å². The number of hydrogen-bond donors (Lipinski definition) is 0. The molecule has 0 bridgehead atoms. The minimum Gasteiger partial charge on any atom is -0.457 e. The summed E-state index contributed by atoms with van der Waals surface area (Å²) in [7, 11) is 0. The van der Waals surface area contributed by atoms with E-state index in [1.165, 1.54) is 4.90 Å². The van der Waals surface area contributed by atoms with Crippen LogP contribution in [0.3, 0.4) is 0 Å². The third kappa shape index (κ3) is 3.00. The van der Waals surface area contributed by atoms with Crippen molar-refractivity contribution in [1.29, 1.82) is 0 Å². The SMILES string of the molecule is Cc1cccc(Oc2ccc(N3C(=O)[C@H]4CC[C@H](C)C[C@@H]4C3=O)cc2)c1. The van der Waals surface area contributed by atoms with Gasteiger partial charge < -0.3 is 4.74 Å². The van der Waals surface area contributed by atoms with Crippen LogP contribution < -0.4 is 9.64 Å². The number of fused-ring (bicyclic) bond motifs is 1. The number of hydrogen-bond acceptors (Lipinski definition) is 3. The van der Waals surface area contributed by atoms with Crippen molar-refractivity contribution in [2.24, 2.45) is 17.8 Å². The summed E-state index contributed by atoms with van der Waals surface area (Å²) in [6, 6.07) is 15.0. The Bertz CT molecular complexity index is 843. The van der Waals surface area contributed by atoms with Gasteiger partial charge in [-0.05, 0) is 74.1 Å². The topological polar surface area (TPSA) is 46.6 Å². The lowest BCUT2D eigenvalue weighted by Crippen LogP contribution is -2.30. The van der Waals surface area contributed by atoms with Crippen molar-refractivity contribution >= 4 is 17.5 Å². The molecule has 2 aromatic rings. The molecule has 134 valence electrons. The third-order valence-electron chi connectivity index (χ3n) is 5.51. The van der Waals surface area contributed by atoms with Gasteiger partial charge in [-0.3, -0.25) is 14.5 Å². The van der Waals surface area contributed by atoms with Crippen LogP contribution in [-0.4, -0.2) is 11.8 Å². The van der Waals surface area contributed by atoms with Crippen LogP contribution in [0.1, 0.15) is 31.7 Å². The molecular weight excluding hydrogens is 326 g/mol. The lowest BCUT2D eigenvalue weighted by atomic mass is 9.76. The molecule has 1 heterocycles. The highest BCUT2D eigenvalue weighted by Gasteiger charge is 2.49. The first-order chi connectivity index (χ1) is 12.5. The van der Waals surface area contributed by atoms with E-state index in [0.717, 1.165) is 30.6 Å². The van der Waals surface area contributed by atoms with Crippen molar-refractivity contribution in [3.63, 3.8) is 0 Å². The Morgan fingerprint density at radius 1 is 0.923 bits per heavy atom. The first-order valence-corrected chi connectivity index (χ1v) is 9.25. The fourth-order valence-corrected chi connectivity index (χ4v) is 4.12. The Morgan fingerprint density at radius 3 is 2.38 bits per heavy atom. The third-order valence-corrected chi connectivity index (χ3v) is 5.51. The predicted octanol–water partition coefficient (Wildman–Crippen LogP) is 4.71. The average molecular weight is 349 g/mol. The molecule has 0 aromatic heterocycles. The number of benzene rings is 2. The van der Waals surface area contributed by atoms with E-state index in [0.29, 0.717) is 17.4 Å². The Hall–Kier alpha value is -2.62. The van der Waals surface area contributed by atoms with Crippen LogP contribution >= 0.6 is 0 Å². The van der Waals surface area contributed by atoms with Gasteiger partial charge in [0, 0.05) is 0 Å². The van der Waals surface area contributed by atoms with Gasteiger partial charge in [-0.25, -0.2) is 0 Å². The Labute approximate surface area is 153 Å². The number of nitrogens with zero attached hydrogens (tertiary/aromatic N) is 1. The van der Waals surface area contributed by atoms with Crippen molar-refractivity contribution in [3.8, 4) is 11.5 Å². The van der Waals surface area contributed by atoms with Gasteiger partial charge in [0.2, 0.25) is 11.8 Å². The van der Waals surface area contributed by atoms with Crippen LogP contribution in [0.25, 0.3) is 0 Å². The zero-order valence-corrected chi connectivity index (χ0v) is 15.1. The summed E-state index contributed by atoms with van der Waals surface area (Å²) in [5.41, 5.74) is 1.77. The van der Waals surface area contributed by atoms with E-state index in [4.69, 9.17) is 4.74 Å². The van der Waals surface area contributed by atoms with Crippen LogP contribution in [0.15, 0.2) is 48.5 Å². The van der Waals surface area contributed by atoms with Gasteiger partial charge in [0.15, 0.2) is 0 Å². The maximum absolute atomic E-state index is 12.8. The number of ether oxygens (including phenoxy) is 1. The van der Waals surface area contributed by atoms with E-state index >= 15 is 0 Å². The smallest absolute Gasteiger partial charge is 0.237 e. The molecule has 0 spiro atoms. The van der Waals surface area contributed by atoms with Crippen LogP contribution in [0, 0.1) is 24.7 Å². The van der Waals surface area contributed by atoms with Crippen molar-refractivity contribution < 1.29 is 14.3 Å². The van der Waals surface area contributed by atoms with Gasteiger partial charge in [0.1, 0.15) is 11.5 Å². The number of carbonyl (C=O) groups excluding carboxylic acids is 2. The van der Waals surface area contributed by atoms with Crippen LogP contribution in [-0.2, 0) is 9.59 Å². The monoisotopic (exact) mass is 349 g/mol. The molecule has 0 N–H and O–H groups in total. The molecule has 1 saturated heterocycles. The van der Waals surface area contributed by atoms with Crippen molar-refractivity contribution in [1.82, 2.24) is 0 Å². The fraction of sp³-hybridized carbons (Fsp3) is 0.364. The summed E-state index contributed by atoms with van der Waals surface area (Å²) < 4.78 is 5.85. The minimum atomic E-state index is -0.144. The number of anilines is 1. The number of amides is 2. The lowest BCUT2D eigenvalue weighted by molar-refractivity contribution is -0.122. The molecule has 1 aliphatic heterocycles. The number of carbonyl (C=O) groups is 2. The molecule has 2 aliphatic rings. The van der Waals surface area contributed by atoms with Gasteiger partial charge in [-0.1, -0.05) is 19.1 Å². The van der Waals surface area contributed by atoms with Gasteiger partial charge in [-0.15, -0.1) is 0 Å². The van der Waals surface area contributed by atoms with E-state index in [1.54, 1.807) is 12.1 Å². The van der Waals surface area contributed by atoms with Gasteiger partial charge in [-0.2, -0.15) is 0 Å². The first-order valence-electron chi connectivity index (χ1n) is 9.25. The van der Waals surface area contributed by atoms with Gasteiger partial charge in [0.05, 0.1) is 17.5 Å². The van der Waals surface area contributed by atoms with Crippen LogP contribution in [0.5, 0.6) is 11.5 Å². The molecular formula is C22H23NO3. The van der Waals surface area contributed by atoms with Crippen molar-refractivity contribution in [2.45, 2.75) is 33.1 Å². The van der Waals surface area contributed by atoms with E-state index in [1.807, 2.05) is 43.3 Å². The molecule has 4 rings (SSSR count). The zero-order valence-electron chi connectivity index (χ0n) is 15.1. The van der Waals surface area contributed by atoms with E-state index < -0.39 is 0 Å². The standard InChI is InChI=1S/C22H23NO3/c1-14-4-3-5-18(12-14)26-17-9-7-16(8-10-17)23-21(24)19-11-6-15(2)13-20(19)22(23)25/h3-5,7-10,12,15,19-20H,6,11,13H2,1-2H3/t15-,19-,20-/m0/s1. The second kappa shape index (κ2) is 6.60. The van der Waals surface area contributed by atoms with Gasteiger partial charge >= 0.3 is 0 Å². The summed E-state index contributed by atoms with van der Waals surface area (Å²) in [6.07, 6.45) is 2.67. The molecule has 26 heavy (non-hydrogen) atoms. The molecule has 1 saturated carbocycles. The molecule has 3 atom stereocenters. The molecule has 4 heteroatoms. The molecule has 1 aliphatic carbocycles. The van der Waals surface area contributed by atoms with E-state index in [9.17, 15) is 9.59 Å². The second-order valence-electron chi connectivity index (χ2n) is 7.56. The molecule has 2 amide bonds. The highest BCUT2D eigenvalue weighted by molar-refractivity contribution is 6.22. The Balaban J connectivity index is 1.53. The molecule has 0 unspecified atom stereocenters. The number of imide groups is 1. The lowest BCUT2D eigenvalue weighted by Gasteiger charge is -2.25. The van der Waals surface area contributed by atoms with Crippen molar-refractivity contribution in [2.75, 3.05) is 4.90 Å². The first kappa shape index (κ1) is 16.8. The Morgan fingerprint density at radius 2 is 1.65 bits per heavy atom. The Kier molecular flexibility index (Phi) is 4.27. The number of aryl methyl sites for hydroxylation is 1.